The molecule has 1 saturated carbocycles. The number of carbonyl (C=O) groups excluding carboxylic acids is 2. The van der Waals surface area contributed by atoms with Crippen LogP contribution in [0, 0.1) is 5.92 Å². The van der Waals surface area contributed by atoms with Gasteiger partial charge >= 0.3 is 5.97 Å². The second kappa shape index (κ2) is 8.91. The van der Waals surface area contributed by atoms with Crippen LogP contribution in [-0.4, -0.2) is 47.2 Å². The van der Waals surface area contributed by atoms with Gasteiger partial charge < -0.3 is 20.0 Å². The summed E-state index contributed by atoms with van der Waals surface area (Å²) in [6, 6.07) is 10.3. The van der Waals surface area contributed by atoms with E-state index in [4.69, 9.17) is 9.57 Å². The molecule has 0 bridgehead atoms. The molecule has 2 atom stereocenters. The lowest BCUT2D eigenvalue weighted by atomic mass is 10.0. The van der Waals surface area contributed by atoms with E-state index in [-0.39, 0.29) is 23.2 Å². The molecule has 154 valence electrons. The number of carbonyl (C=O) groups is 2. The second-order valence-corrected chi connectivity index (χ2v) is 7.06. The lowest BCUT2D eigenvalue weighted by Gasteiger charge is -2.28. The minimum Gasteiger partial charge on any atom is -0.503 e. The Kier molecular flexibility index (Phi) is 6.33. The van der Waals surface area contributed by atoms with E-state index in [0.717, 1.165) is 18.4 Å². The van der Waals surface area contributed by atoms with Gasteiger partial charge in [0.2, 0.25) is 0 Å². The van der Waals surface area contributed by atoms with Crippen molar-refractivity contribution < 1.29 is 24.3 Å². The Bertz CT molecular complexity index is 870. The fourth-order valence-corrected chi connectivity index (χ4v) is 3.21. The number of benzene rings is 1. The second-order valence-electron chi connectivity index (χ2n) is 7.06. The zero-order valence-electron chi connectivity index (χ0n) is 16.7. The first-order valence-corrected chi connectivity index (χ1v) is 9.44. The van der Waals surface area contributed by atoms with Gasteiger partial charge in [0, 0.05) is 19.3 Å². The lowest BCUT2D eigenvalue weighted by Crippen LogP contribution is -2.42. The number of nitrogens with zero attached hydrogens (tertiary/aromatic N) is 2. The molecule has 8 heteroatoms. The van der Waals surface area contributed by atoms with Crippen LogP contribution in [0.25, 0.3) is 0 Å². The first kappa shape index (κ1) is 20.6. The first-order chi connectivity index (χ1) is 13.9. The predicted molar refractivity (Wildman–Crippen MR) is 105 cm³/mol. The van der Waals surface area contributed by atoms with Crippen molar-refractivity contribution in [2.45, 2.75) is 31.8 Å². The highest BCUT2D eigenvalue weighted by molar-refractivity contribution is 5.97. The standard InChI is InChI=1S/C21H25N3O5/c1-13(23-20(26)17-19(25)16(28-3)11-12-22-17)21(27)29-24(2)18(15-9-10-15)14-7-5-4-6-8-14/h4-8,11-13,15,18,25H,9-10H2,1-3H3,(H,23,26)/t13-,18?/m0/s1. The van der Waals surface area contributed by atoms with Gasteiger partial charge in [-0.25, -0.2) is 9.78 Å². The molecule has 1 aromatic heterocycles. The van der Waals surface area contributed by atoms with Crippen molar-refractivity contribution in [3.05, 3.63) is 53.9 Å². The van der Waals surface area contributed by atoms with E-state index in [0.29, 0.717) is 5.92 Å². The highest BCUT2D eigenvalue weighted by atomic mass is 16.7. The molecule has 1 heterocycles. The third-order valence-corrected chi connectivity index (χ3v) is 4.86. The van der Waals surface area contributed by atoms with Crippen LogP contribution in [0.15, 0.2) is 42.6 Å². The Morgan fingerprint density at radius 3 is 2.55 bits per heavy atom. The maximum atomic E-state index is 12.5. The Hall–Kier alpha value is -3.13. The fraction of sp³-hybridized carbons (Fsp3) is 0.381. The van der Waals surface area contributed by atoms with Crippen LogP contribution >= 0.6 is 0 Å². The number of methoxy groups -OCH3 is 1. The maximum Gasteiger partial charge on any atom is 0.347 e. The van der Waals surface area contributed by atoms with Crippen molar-refractivity contribution in [2.24, 2.45) is 5.92 Å². The van der Waals surface area contributed by atoms with Gasteiger partial charge in [0.05, 0.1) is 13.2 Å². The molecule has 8 nitrogen and oxygen atoms in total. The predicted octanol–water partition coefficient (Wildman–Crippen LogP) is 2.46. The molecule has 1 unspecified atom stereocenters. The number of aromatic hydroxyl groups is 1. The van der Waals surface area contributed by atoms with Crippen LogP contribution in [-0.2, 0) is 9.63 Å². The summed E-state index contributed by atoms with van der Waals surface area (Å²) in [5.41, 5.74) is 0.852. The summed E-state index contributed by atoms with van der Waals surface area (Å²) in [4.78, 5) is 34.3. The summed E-state index contributed by atoms with van der Waals surface area (Å²) in [6.07, 6.45) is 3.49. The molecule has 29 heavy (non-hydrogen) atoms. The van der Waals surface area contributed by atoms with Gasteiger partial charge in [-0.3, -0.25) is 4.79 Å². The van der Waals surface area contributed by atoms with E-state index in [1.807, 2.05) is 30.3 Å². The highest BCUT2D eigenvalue weighted by Gasteiger charge is 2.37. The van der Waals surface area contributed by atoms with E-state index < -0.39 is 17.9 Å². The van der Waals surface area contributed by atoms with Gasteiger partial charge in [0.1, 0.15) is 6.04 Å². The summed E-state index contributed by atoms with van der Waals surface area (Å²) in [7, 11) is 3.09. The molecule has 1 aliphatic rings. The number of aromatic nitrogens is 1. The van der Waals surface area contributed by atoms with E-state index in [1.165, 1.54) is 26.3 Å². The van der Waals surface area contributed by atoms with Crippen LogP contribution in [0.3, 0.4) is 0 Å². The summed E-state index contributed by atoms with van der Waals surface area (Å²) >= 11 is 0. The van der Waals surface area contributed by atoms with Crippen molar-refractivity contribution in [2.75, 3.05) is 14.2 Å². The molecule has 0 aliphatic heterocycles. The minimum absolute atomic E-state index is 0.0350. The van der Waals surface area contributed by atoms with Gasteiger partial charge in [-0.1, -0.05) is 30.3 Å². The number of pyridine rings is 1. The van der Waals surface area contributed by atoms with Crippen molar-refractivity contribution in [1.82, 2.24) is 15.4 Å². The van der Waals surface area contributed by atoms with Gasteiger partial charge in [-0.2, -0.15) is 0 Å². The normalized spacial score (nSPS) is 15.4. The Morgan fingerprint density at radius 1 is 1.24 bits per heavy atom. The zero-order chi connectivity index (χ0) is 21.0. The van der Waals surface area contributed by atoms with E-state index in [9.17, 15) is 14.7 Å². The molecule has 0 saturated heterocycles. The third kappa shape index (κ3) is 4.83. The molecule has 0 radical (unpaired) electrons. The van der Waals surface area contributed by atoms with Crippen molar-refractivity contribution in [3.63, 3.8) is 0 Å². The number of hydroxylamine groups is 2. The fourth-order valence-electron chi connectivity index (χ4n) is 3.21. The van der Waals surface area contributed by atoms with Crippen molar-refractivity contribution in [3.8, 4) is 11.5 Å². The van der Waals surface area contributed by atoms with E-state index >= 15 is 0 Å². The number of amides is 1. The van der Waals surface area contributed by atoms with Crippen LogP contribution in [0.4, 0.5) is 0 Å². The first-order valence-electron chi connectivity index (χ1n) is 9.44. The van der Waals surface area contributed by atoms with Crippen LogP contribution in [0.1, 0.15) is 41.9 Å². The molecule has 1 aromatic carbocycles. The molecule has 3 rings (SSSR count). The molecule has 2 N–H and O–H groups in total. The maximum absolute atomic E-state index is 12.5. The van der Waals surface area contributed by atoms with Crippen molar-refractivity contribution >= 4 is 11.9 Å². The smallest absolute Gasteiger partial charge is 0.347 e. The zero-order valence-corrected chi connectivity index (χ0v) is 16.7. The Labute approximate surface area is 169 Å². The molecule has 1 fully saturated rings. The minimum atomic E-state index is -0.937. The highest BCUT2D eigenvalue weighted by Crippen LogP contribution is 2.44. The molecule has 0 spiro atoms. The average molecular weight is 399 g/mol. The molecule has 1 aliphatic carbocycles. The average Bonchev–Trinajstić information content (AvgIpc) is 3.54. The van der Waals surface area contributed by atoms with Crippen LogP contribution in [0.2, 0.25) is 0 Å². The monoisotopic (exact) mass is 399 g/mol. The Morgan fingerprint density at radius 2 is 1.93 bits per heavy atom. The summed E-state index contributed by atoms with van der Waals surface area (Å²) in [5, 5.41) is 14.1. The van der Waals surface area contributed by atoms with Crippen LogP contribution < -0.4 is 10.1 Å². The van der Waals surface area contributed by atoms with Gasteiger partial charge in [0.25, 0.3) is 5.91 Å². The van der Waals surface area contributed by atoms with Crippen molar-refractivity contribution in [1.29, 1.82) is 0 Å². The van der Waals surface area contributed by atoms with Gasteiger partial charge in [-0.05, 0) is 31.2 Å². The SMILES string of the molecule is COc1ccnc(C(=O)N[C@@H](C)C(=O)ON(C)C(c2ccccc2)C2CC2)c1O. The Balaban J connectivity index is 1.63. The summed E-state index contributed by atoms with van der Waals surface area (Å²) in [6.45, 7) is 1.51. The lowest BCUT2D eigenvalue weighted by molar-refractivity contribution is -0.198. The third-order valence-electron chi connectivity index (χ3n) is 4.86. The number of ether oxygens (including phenoxy) is 1. The molecular formula is C21H25N3O5. The summed E-state index contributed by atoms with van der Waals surface area (Å²) < 4.78 is 4.97. The molecule has 2 aromatic rings. The number of hydrogen-bond acceptors (Lipinski definition) is 7. The van der Waals surface area contributed by atoms with E-state index in [2.05, 4.69) is 10.3 Å². The topological polar surface area (TPSA) is 101 Å². The van der Waals surface area contributed by atoms with E-state index in [1.54, 1.807) is 12.1 Å². The van der Waals surface area contributed by atoms with Crippen LogP contribution in [0.5, 0.6) is 11.5 Å². The van der Waals surface area contributed by atoms with Gasteiger partial charge in [-0.15, -0.1) is 5.06 Å². The van der Waals surface area contributed by atoms with Gasteiger partial charge in [0.15, 0.2) is 17.2 Å². The number of nitrogens with one attached hydrogen (secondary N) is 1. The molecule has 1 amide bonds. The quantitative estimate of drug-likeness (QED) is 0.658. The number of hydrogen-bond donors (Lipinski definition) is 2. The summed E-state index contributed by atoms with van der Waals surface area (Å²) in [5.74, 6) is -1.14. The number of rotatable bonds is 8. The molecular weight excluding hydrogens is 374 g/mol. The largest absolute Gasteiger partial charge is 0.503 e.